The maximum absolute atomic E-state index is 11.1. The number of benzene rings is 1. The number of nitro benzene ring substituents is 1. The van der Waals surface area contributed by atoms with Crippen molar-refractivity contribution in [3.05, 3.63) is 38.9 Å². The van der Waals surface area contributed by atoms with Crippen molar-refractivity contribution in [2.75, 3.05) is 13.2 Å². The number of nitro groups is 1. The number of aliphatic hydroxyl groups is 1. The number of rotatable bonds is 5. The maximum Gasteiger partial charge on any atom is 0.273 e. The Hall–Kier alpha value is -1.17. The zero-order valence-corrected chi connectivity index (χ0v) is 12.1. The molecule has 5 nitrogen and oxygen atoms in total. The van der Waals surface area contributed by atoms with Crippen molar-refractivity contribution in [3.8, 4) is 0 Å². The molecule has 0 radical (unpaired) electrons. The average Bonchev–Trinajstić information content (AvgIpc) is 2.41. The topological polar surface area (TPSA) is 66.6 Å². The Kier molecular flexibility index (Phi) is 5.34. The normalized spacial score (nSPS) is 20.0. The van der Waals surface area contributed by atoms with Crippen LogP contribution in [-0.4, -0.2) is 34.1 Å². The SMILES string of the molecule is O=[N+]([O-])c1ccc(Cl)cc1CN1CCCCC1CCO. The van der Waals surface area contributed by atoms with Gasteiger partial charge in [-0.15, -0.1) is 0 Å². The van der Waals surface area contributed by atoms with E-state index < -0.39 is 0 Å². The highest BCUT2D eigenvalue weighted by molar-refractivity contribution is 6.30. The van der Waals surface area contributed by atoms with E-state index in [0.29, 0.717) is 29.6 Å². The second kappa shape index (κ2) is 7.02. The van der Waals surface area contributed by atoms with Crippen molar-refractivity contribution in [1.29, 1.82) is 0 Å². The van der Waals surface area contributed by atoms with E-state index in [1.165, 1.54) is 6.07 Å². The number of halogens is 1. The van der Waals surface area contributed by atoms with Gasteiger partial charge in [-0.1, -0.05) is 18.0 Å². The Balaban J connectivity index is 2.18. The number of hydrogen-bond acceptors (Lipinski definition) is 4. The fraction of sp³-hybridized carbons (Fsp3) is 0.571. The summed E-state index contributed by atoms with van der Waals surface area (Å²) in [6.07, 6.45) is 4.00. The Bertz CT molecular complexity index is 479. The van der Waals surface area contributed by atoms with Gasteiger partial charge in [0.1, 0.15) is 0 Å². The lowest BCUT2D eigenvalue weighted by molar-refractivity contribution is -0.385. The predicted octanol–water partition coefficient (Wildman–Crippen LogP) is 2.99. The van der Waals surface area contributed by atoms with Gasteiger partial charge >= 0.3 is 0 Å². The lowest BCUT2D eigenvalue weighted by Gasteiger charge is -2.35. The number of aliphatic hydroxyl groups excluding tert-OH is 1. The minimum atomic E-state index is -0.364. The van der Waals surface area contributed by atoms with Crippen LogP contribution in [0.4, 0.5) is 5.69 Å². The van der Waals surface area contributed by atoms with E-state index in [1.807, 2.05) is 0 Å². The van der Waals surface area contributed by atoms with Crippen molar-refractivity contribution in [3.63, 3.8) is 0 Å². The summed E-state index contributed by atoms with van der Waals surface area (Å²) in [5.74, 6) is 0. The van der Waals surface area contributed by atoms with Gasteiger partial charge in [-0.2, -0.15) is 0 Å². The molecule has 2 rings (SSSR count). The van der Waals surface area contributed by atoms with Crippen LogP contribution >= 0.6 is 11.6 Å². The molecule has 20 heavy (non-hydrogen) atoms. The van der Waals surface area contributed by atoms with Gasteiger partial charge in [-0.3, -0.25) is 15.0 Å². The van der Waals surface area contributed by atoms with Crippen LogP contribution in [0.25, 0.3) is 0 Å². The third kappa shape index (κ3) is 3.69. The highest BCUT2D eigenvalue weighted by Crippen LogP contribution is 2.27. The highest BCUT2D eigenvalue weighted by Gasteiger charge is 2.24. The first-order valence-electron chi connectivity index (χ1n) is 6.89. The molecule has 0 aromatic heterocycles. The van der Waals surface area contributed by atoms with E-state index >= 15 is 0 Å². The van der Waals surface area contributed by atoms with E-state index in [0.717, 1.165) is 25.8 Å². The van der Waals surface area contributed by atoms with Gasteiger partial charge in [0, 0.05) is 35.8 Å². The van der Waals surface area contributed by atoms with Crippen molar-refractivity contribution < 1.29 is 10.0 Å². The summed E-state index contributed by atoms with van der Waals surface area (Å²) in [6, 6.07) is 4.98. The molecule has 1 fully saturated rings. The van der Waals surface area contributed by atoms with Crippen LogP contribution in [0.5, 0.6) is 0 Å². The monoisotopic (exact) mass is 298 g/mol. The molecular weight excluding hydrogens is 280 g/mol. The zero-order valence-electron chi connectivity index (χ0n) is 11.3. The maximum atomic E-state index is 11.1. The van der Waals surface area contributed by atoms with Crippen LogP contribution < -0.4 is 0 Å². The molecule has 1 heterocycles. The Morgan fingerprint density at radius 1 is 1.45 bits per heavy atom. The van der Waals surface area contributed by atoms with Crippen molar-refractivity contribution in [1.82, 2.24) is 4.90 Å². The second-order valence-corrected chi connectivity index (χ2v) is 5.60. The molecule has 1 aromatic carbocycles. The molecule has 1 unspecified atom stereocenters. The van der Waals surface area contributed by atoms with Crippen LogP contribution in [0.15, 0.2) is 18.2 Å². The molecule has 0 aliphatic carbocycles. The third-order valence-corrected chi connectivity index (χ3v) is 4.06. The molecular formula is C14H19ClN2O3. The van der Waals surface area contributed by atoms with Gasteiger partial charge in [0.25, 0.3) is 5.69 Å². The predicted molar refractivity (Wildman–Crippen MR) is 77.9 cm³/mol. The summed E-state index contributed by atoms with van der Waals surface area (Å²) in [7, 11) is 0. The summed E-state index contributed by atoms with van der Waals surface area (Å²) in [5, 5.41) is 20.7. The molecule has 1 aliphatic heterocycles. The van der Waals surface area contributed by atoms with E-state index in [2.05, 4.69) is 4.90 Å². The lowest BCUT2D eigenvalue weighted by Crippen LogP contribution is -2.39. The minimum Gasteiger partial charge on any atom is -0.396 e. The Morgan fingerprint density at radius 2 is 2.25 bits per heavy atom. The van der Waals surface area contributed by atoms with Gasteiger partial charge < -0.3 is 5.11 Å². The molecule has 1 aliphatic rings. The van der Waals surface area contributed by atoms with E-state index in [9.17, 15) is 10.1 Å². The van der Waals surface area contributed by atoms with Crippen LogP contribution in [0.2, 0.25) is 5.02 Å². The Morgan fingerprint density at radius 3 is 2.95 bits per heavy atom. The molecule has 110 valence electrons. The molecule has 1 aromatic rings. The summed E-state index contributed by atoms with van der Waals surface area (Å²) in [6.45, 7) is 1.58. The molecule has 0 spiro atoms. The van der Waals surface area contributed by atoms with Gasteiger partial charge in [0.05, 0.1) is 4.92 Å². The van der Waals surface area contributed by atoms with Crippen LogP contribution in [0.3, 0.4) is 0 Å². The van der Waals surface area contributed by atoms with Crippen LogP contribution in [0.1, 0.15) is 31.2 Å². The average molecular weight is 299 g/mol. The molecule has 1 N–H and O–H groups in total. The molecule has 6 heteroatoms. The van der Waals surface area contributed by atoms with E-state index in [-0.39, 0.29) is 17.2 Å². The standard InChI is InChI=1S/C14H19ClN2O3/c15-12-4-5-14(17(19)20)11(9-12)10-16-7-2-1-3-13(16)6-8-18/h4-5,9,13,18H,1-3,6-8,10H2. The van der Waals surface area contributed by atoms with E-state index in [4.69, 9.17) is 16.7 Å². The fourth-order valence-electron chi connectivity index (χ4n) is 2.82. The van der Waals surface area contributed by atoms with Gasteiger partial charge in [0.15, 0.2) is 0 Å². The van der Waals surface area contributed by atoms with Crippen LogP contribution in [0, 0.1) is 10.1 Å². The third-order valence-electron chi connectivity index (χ3n) is 3.82. The van der Waals surface area contributed by atoms with Gasteiger partial charge in [-0.25, -0.2) is 0 Å². The smallest absolute Gasteiger partial charge is 0.273 e. The molecule has 0 bridgehead atoms. The van der Waals surface area contributed by atoms with Gasteiger partial charge in [0.2, 0.25) is 0 Å². The van der Waals surface area contributed by atoms with Crippen molar-refractivity contribution in [2.45, 2.75) is 38.3 Å². The summed E-state index contributed by atoms with van der Waals surface area (Å²) < 4.78 is 0. The largest absolute Gasteiger partial charge is 0.396 e. The highest BCUT2D eigenvalue weighted by atomic mass is 35.5. The molecule has 1 atom stereocenters. The second-order valence-electron chi connectivity index (χ2n) is 5.16. The summed E-state index contributed by atoms with van der Waals surface area (Å²) >= 11 is 5.96. The van der Waals surface area contributed by atoms with E-state index in [1.54, 1.807) is 12.1 Å². The Labute approximate surface area is 123 Å². The number of likely N-dealkylation sites (tertiary alicyclic amines) is 1. The first-order valence-corrected chi connectivity index (χ1v) is 7.27. The van der Waals surface area contributed by atoms with Crippen molar-refractivity contribution >= 4 is 17.3 Å². The first-order chi connectivity index (χ1) is 9.61. The zero-order chi connectivity index (χ0) is 14.5. The minimum absolute atomic E-state index is 0.114. The fourth-order valence-corrected chi connectivity index (χ4v) is 3.02. The van der Waals surface area contributed by atoms with Gasteiger partial charge in [-0.05, 0) is 37.9 Å². The lowest BCUT2D eigenvalue weighted by atomic mass is 9.98. The first kappa shape index (κ1) is 15.2. The molecule has 0 saturated carbocycles. The van der Waals surface area contributed by atoms with Crippen LogP contribution in [-0.2, 0) is 6.54 Å². The quantitative estimate of drug-likeness (QED) is 0.670. The summed E-state index contributed by atoms with van der Waals surface area (Å²) in [5.41, 5.74) is 0.759. The summed E-state index contributed by atoms with van der Waals surface area (Å²) in [4.78, 5) is 12.9. The van der Waals surface area contributed by atoms with Crippen molar-refractivity contribution in [2.24, 2.45) is 0 Å². The number of nitrogens with zero attached hydrogens (tertiary/aromatic N) is 2. The number of piperidine rings is 1. The number of hydrogen-bond donors (Lipinski definition) is 1. The molecule has 1 saturated heterocycles. The molecule has 0 amide bonds.